The quantitative estimate of drug-likeness (QED) is 0.819. The van der Waals surface area contributed by atoms with Gasteiger partial charge in [-0.25, -0.2) is 4.79 Å². The van der Waals surface area contributed by atoms with Crippen molar-refractivity contribution in [3.05, 3.63) is 65.2 Å². The van der Waals surface area contributed by atoms with Crippen LogP contribution in [0.15, 0.2) is 48.5 Å². The van der Waals surface area contributed by atoms with Crippen LogP contribution in [0.25, 0.3) is 0 Å². The van der Waals surface area contributed by atoms with E-state index in [1.165, 1.54) is 0 Å². The topological polar surface area (TPSA) is 75.6 Å². The van der Waals surface area contributed by atoms with Crippen LogP contribution >= 0.6 is 0 Å². The van der Waals surface area contributed by atoms with E-state index in [1.807, 2.05) is 62.4 Å². The number of hydrogen-bond acceptors (Lipinski definition) is 3. The highest BCUT2D eigenvalue weighted by Gasteiger charge is 2.20. The number of carboxylic acids is 1. The molecule has 0 aromatic heterocycles. The minimum absolute atomic E-state index is 0.219. The molecule has 0 aliphatic rings. The predicted octanol–water partition coefficient (Wildman–Crippen LogP) is 2.49. The molecule has 2 N–H and O–H groups in total. The minimum atomic E-state index is -1.07. The molecular weight excluding hydrogens is 306 g/mol. The third-order valence-corrected chi connectivity index (χ3v) is 3.62. The summed E-state index contributed by atoms with van der Waals surface area (Å²) in [6.45, 7) is 3.61. The smallest absolute Gasteiger partial charge is 0.326 e. The highest BCUT2D eigenvalue weighted by atomic mass is 16.5. The maximum atomic E-state index is 12.0. The zero-order chi connectivity index (χ0) is 17.5. The molecule has 1 atom stereocenters. The number of amides is 1. The minimum Gasteiger partial charge on any atom is -0.483 e. The van der Waals surface area contributed by atoms with Gasteiger partial charge in [-0.2, -0.15) is 0 Å². The molecule has 0 aliphatic heterocycles. The molecule has 0 radical (unpaired) electrons. The first-order valence-corrected chi connectivity index (χ1v) is 7.72. The van der Waals surface area contributed by atoms with Gasteiger partial charge in [-0.15, -0.1) is 0 Å². The Balaban J connectivity index is 1.93. The fourth-order valence-corrected chi connectivity index (χ4v) is 2.29. The summed E-state index contributed by atoms with van der Waals surface area (Å²) >= 11 is 0. The molecule has 5 heteroatoms. The molecule has 0 fully saturated rings. The number of ether oxygens (including phenoxy) is 1. The molecule has 1 amide bonds. The Kier molecular flexibility index (Phi) is 5.95. The maximum Gasteiger partial charge on any atom is 0.326 e. The number of aryl methyl sites for hydroxylation is 2. The molecule has 2 aromatic rings. The molecule has 0 saturated carbocycles. The molecule has 2 aromatic carbocycles. The van der Waals surface area contributed by atoms with Crippen molar-refractivity contribution in [3.8, 4) is 5.75 Å². The monoisotopic (exact) mass is 327 g/mol. The standard InChI is InChI=1S/C19H21NO4/c1-13-8-9-14(2)17(10-13)24-12-18(21)20-16(19(22)23)11-15-6-4-3-5-7-15/h3-10,16H,11-12H2,1-2H3,(H,20,21)(H,22,23)/t16-/m1/s1. The molecule has 2 rings (SSSR count). The van der Waals surface area contributed by atoms with E-state index in [4.69, 9.17) is 4.74 Å². The van der Waals surface area contributed by atoms with Crippen molar-refractivity contribution in [3.63, 3.8) is 0 Å². The fourth-order valence-electron chi connectivity index (χ4n) is 2.29. The first-order chi connectivity index (χ1) is 11.5. The van der Waals surface area contributed by atoms with Crippen molar-refractivity contribution < 1.29 is 19.4 Å². The second-order valence-electron chi connectivity index (χ2n) is 5.71. The van der Waals surface area contributed by atoms with Crippen LogP contribution in [0.1, 0.15) is 16.7 Å². The van der Waals surface area contributed by atoms with Crippen molar-refractivity contribution in [2.24, 2.45) is 0 Å². The van der Waals surface area contributed by atoms with E-state index in [2.05, 4.69) is 5.32 Å². The van der Waals surface area contributed by atoms with E-state index in [0.717, 1.165) is 16.7 Å². The number of hydrogen-bond donors (Lipinski definition) is 2. The summed E-state index contributed by atoms with van der Waals surface area (Å²) in [7, 11) is 0. The van der Waals surface area contributed by atoms with Crippen LogP contribution in [0, 0.1) is 13.8 Å². The third-order valence-electron chi connectivity index (χ3n) is 3.62. The van der Waals surface area contributed by atoms with E-state index >= 15 is 0 Å². The SMILES string of the molecule is Cc1ccc(C)c(OCC(=O)N[C@H](Cc2ccccc2)C(=O)O)c1. The van der Waals surface area contributed by atoms with E-state index < -0.39 is 17.9 Å². The summed E-state index contributed by atoms with van der Waals surface area (Å²) in [5.41, 5.74) is 2.80. The molecule has 24 heavy (non-hydrogen) atoms. The van der Waals surface area contributed by atoms with Gasteiger partial charge in [-0.1, -0.05) is 42.5 Å². The molecule has 0 bridgehead atoms. The summed E-state index contributed by atoms with van der Waals surface area (Å²) in [5.74, 6) is -0.904. The average Bonchev–Trinajstić information content (AvgIpc) is 2.56. The first kappa shape index (κ1) is 17.5. The van der Waals surface area contributed by atoms with Crippen molar-refractivity contribution in [2.75, 3.05) is 6.61 Å². The van der Waals surface area contributed by atoms with Gasteiger partial charge in [0, 0.05) is 6.42 Å². The lowest BCUT2D eigenvalue weighted by Crippen LogP contribution is -2.44. The van der Waals surface area contributed by atoms with Crippen LogP contribution in [0.5, 0.6) is 5.75 Å². The first-order valence-electron chi connectivity index (χ1n) is 7.72. The molecule has 126 valence electrons. The summed E-state index contributed by atoms with van der Waals surface area (Å²) < 4.78 is 5.51. The van der Waals surface area contributed by atoms with Crippen LogP contribution in [-0.4, -0.2) is 29.6 Å². The number of benzene rings is 2. The average molecular weight is 327 g/mol. The van der Waals surface area contributed by atoms with Gasteiger partial charge in [0.15, 0.2) is 6.61 Å². The number of carbonyl (C=O) groups excluding carboxylic acids is 1. The summed E-state index contributed by atoms with van der Waals surface area (Å²) in [5, 5.41) is 11.8. The molecule has 0 aliphatic carbocycles. The van der Waals surface area contributed by atoms with Gasteiger partial charge < -0.3 is 15.2 Å². The van der Waals surface area contributed by atoms with Crippen LogP contribution < -0.4 is 10.1 Å². The second-order valence-corrected chi connectivity index (χ2v) is 5.71. The lowest BCUT2D eigenvalue weighted by Gasteiger charge is -2.15. The van der Waals surface area contributed by atoms with Crippen molar-refractivity contribution >= 4 is 11.9 Å². The van der Waals surface area contributed by atoms with Crippen LogP contribution in [-0.2, 0) is 16.0 Å². The van der Waals surface area contributed by atoms with Crippen LogP contribution in [0.4, 0.5) is 0 Å². The Morgan fingerprint density at radius 2 is 1.83 bits per heavy atom. The number of rotatable bonds is 7. The Labute approximate surface area is 141 Å². The molecule has 0 spiro atoms. The molecular formula is C19H21NO4. The van der Waals surface area contributed by atoms with E-state index in [9.17, 15) is 14.7 Å². The molecule has 0 saturated heterocycles. The third kappa shape index (κ3) is 5.12. The van der Waals surface area contributed by atoms with Gasteiger partial charge in [0.05, 0.1) is 0 Å². The Morgan fingerprint density at radius 1 is 1.12 bits per heavy atom. The van der Waals surface area contributed by atoms with E-state index in [-0.39, 0.29) is 13.0 Å². The Bertz CT molecular complexity index is 713. The number of nitrogens with one attached hydrogen (secondary N) is 1. The summed E-state index contributed by atoms with van der Waals surface area (Å²) in [6, 6.07) is 13.9. The van der Waals surface area contributed by atoms with Gasteiger partial charge in [-0.05, 0) is 36.6 Å². The lowest BCUT2D eigenvalue weighted by atomic mass is 10.1. The largest absolute Gasteiger partial charge is 0.483 e. The molecule has 5 nitrogen and oxygen atoms in total. The highest BCUT2D eigenvalue weighted by molar-refractivity contribution is 5.84. The number of aliphatic carboxylic acids is 1. The number of carboxylic acid groups (broad SMARTS) is 1. The molecule has 0 heterocycles. The fraction of sp³-hybridized carbons (Fsp3) is 0.263. The highest BCUT2D eigenvalue weighted by Crippen LogP contribution is 2.18. The van der Waals surface area contributed by atoms with Crippen molar-refractivity contribution in [1.82, 2.24) is 5.32 Å². The van der Waals surface area contributed by atoms with Crippen LogP contribution in [0.3, 0.4) is 0 Å². The maximum absolute atomic E-state index is 12.0. The zero-order valence-electron chi connectivity index (χ0n) is 13.8. The summed E-state index contributed by atoms with van der Waals surface area (Å²) in [4.78, 5) is 23.4. The van der Waals surface area contributed by atoms with Gasteiger partial charge in [0.25, 0.3) is 5.91 Å². The Morgan fingerprint density at radius 3 is 2.50 bits per heavy atom. The van der Waals surface area contributed by atoms with E-state index in [1.54, 1.807) is 0 Å². The van der Waals surface area contributed by atoms with Gasteiger partial charge in [-0.3, -0.25) is 4.79 Å². The van der Waals surface area contributed by atoms with E-state index in [0.29, 0.717) is 5.75 Å². The van der Waals surface area contributed by atoms with Gasteiger partial charge in [0.1, 0.15) is 11.8 Å². The zero-order valence-corrected chi connectivity index (χ0v) is 13.8. The van der Waals surface area contributed by atoms with Crippen LogP contribution in [0.2, 0.25) is 0 Å². The van der Waals surface area contributed by atoms with Gasteiger partial charge >= 0.3 is 5.97 Å². The van der Waals surface area contributed by atoms with Crippen molar-refractivity contribution in [1.29, 1.82) is 0 Å². The second kappa shape index (κ2) is 8.15. The van der Waals surface area contributed by atoms with Crippen molar-refractivity contribution in [2.45, 2.75) is 26.3 Å². The lowest BCUT2D eigenvalue weighted by molar-refractivity contribution is -0.142. The Hall–Kier alpha value is -2.82. The normalized spacial score (nSPS) is 11.6. The predicted molar refractivity (Wildman–Crippen MR) is 91.1 cm³/mol. The van der Waals surface area contributed by atoms with Gasteiger partial charge in [0.2, 0.25) is 0 Å². The number of carbonyl (C=O) groups is 2. The summed E-state index contributed by atoms with van der Waals surface area (Å²) in [6.07, 6.45) is 0.228. The molecule has 0 unspecified atom stereocenters.